The lowest BCUT2D eigenvalue weighted by Gasteiger charge is -2.17. The summed E-state index contributed by atoms with van der Waals surface area (Å²) in [6, 6.07) is 0.595. The second-order valence-electron chi connectivity index (χ2n) is 3.77. The van der Waals surface area contributed by atoms with Crippen molar-refractivity contribution in [1.29, 1.82) is 0 Å². The Labute approximate surface area is 69.3 Å². The highest BCUT2D eigenvalue weighted by Gasteiger charge is 2.23. The summed E-state index contributed by atoms with van der Waals surface area (Å²) in [5, 5.41) is 3.51. The van der Waals surface area contributed by atoms with Crippen molar-refractivity contribution >= 4 is 0 Å². The molecule has 1 aliphatic heterocycles. The summed E-state index contributed by atoms with van der Waals surface area (Å²) in [6.07, 6.45) is 1.59. The first-order valence-electron chi connectivity index (χ1n) is 4.55. The minimum absolute atomic E-state index is 0.411. The molecule has 0 radical (unpaired) electrons. The highest BCUT2D eigenvalue weighted by atomic mass is 16.5. The third-order valence-electron chi connectivity index (χ3n) is 2.16. The average Bonchev–Trinajstić information content (AvgIpc) is 2.31. The fourth-order valence-corrected chi connectivity index (χ4v) is 1.39. The van der Waals surface area contributed by atoms with E-state index >= 15 is 0 Å². The molecular formula is C9H19NO. The molecule has 1 fully saturated rings. The Balaban J connectivity index is 2.15. The summed E-state index contributed by atoms with van der Waals surface area (Å²) in [5.41, 5.74) is 0. The van der Waals surface area contributed by atoms with Crippen molar-refractivity contribution < 1.29 is 4.74 Å². The predicted molar refractivity (Wildman–Crippen MR) is 46.7 cm³/mol. The van der Waals surface area contributed by atoms with Gasteiger partial charge in [-0.05, 0) is 25.8 Å². The van der Waals surface area contributed by atoms with Gasteiger partial charge in [-0.3, -0.25) is 0 Å². The molecule has 0 aromatic carbocycles. The Morgan fingerprint density at radius 1 is 1.55 bits per heavy atom. The molecule has 0 aromatic heterocycles. The molecule has 0 saturated carbocycles. The van der Waals surface area contributed by atoms with Crippen molar-refractivity contribution in [2.24, 2.45) is 5.92 Å². The molecule has 1 heterocycles. The van der Waals surface area contributed by atoms with Crippen LogP contribution in [0.3, 0.4) is 0 Å². The van der Waals surface area contributed by atoms with E-state index < -0.39 is 0 Å². The first kappa shape index (κ1) is 9.01. The van der Waals surface area contributed by atoms with Gasteiger partial charge in [0.2, 0.25) is 0 Å². The lowest BCUT2D eigenvalue weighted by Crippen LogP contribution is -2.36. The van der Waals surface area contributed by atoms with Crippen LogP contribution in [0.5, 0.6) is 0 Å². The molecule has 1 N–H and O–H groups in total. The van der Waals surface area contributed by atoms with Crippen molar-refractivity contribution in [3.05, 3.63) is 0 Å². The molecule has 0 amide bonds. The number of hydrogen-bond donors (Lipinski definition) is 1. The molecule has 0 bridgehead atoms. The lowest BCUT2D eigenvalue weighted by atomic mass is 10.1. The second kappa shape index (κ2) is 4.07. The number of ether oxygens (including phenoxy) is 1. The topological polar surface area (TPSA) is 21.3 Å². The van der Waals surface area contributed by atoms with Gasteiger partial charge in [-0.15, -0.1) is 0 Å². The molecule has 2 heteroatoms. The number of rotatable bonds is 3. The Kier molecular flexibility index (Phi) is 3.34. The third kappa shape index (κ3) is 2.80. The summed E-state index contributed by atoms with van der Waals surface area (Å²) >= 11 is 0. The van der Waals surface area contributed by atoms with Crippen LogP contribution in [0.2, 0.25) is 0 Å². The lowest BCUT2D eigenvalue weighted by molar-refractivity contribution is 0.112. The highest BCUT2D eigenvalue weighted by molar-refractivity contribution is 4.78. The molecule has 0 unspecified atom stereocenters. The normalized spacial score (nSPS) is 31.6. The molecule has 2 atom stereocenters. The van der Waals surface area contributed by atoms with E-state index in [0.717, 1.165) is 19.1 Å². The van der Waals surface area contributed by atoms with Crippen LogP contribution in [-0.2, 0) is 4.74 Å². The quantitative estimate of drug-likeness (QED) is 0.669. The molecule has 2 nitrogen and oxygen atoms in total. The molecule has 1 saturated heterocycles. The molecule has 0 spiro atoms. The van der Waals surface area contributed by atoms with Gasteiger partial charge in [0.1, 0.15) is 0 Å². The van der Waals surface area contributed by atoms with E-state index in [1.54, 1.807) is 0 Å². The third-order valence-corrected chi connectivity index (χ3v) is 2.16. The Morgan fingerprint density at radius 3 is 2.73 bits per heavy atom. The van der Waals surface area contributed by atoms with Crippen molar-refractivity contribution in [1.82, 2.24) is 5.32 Å². The zero-order chi connectivity index (χ0) is 8.27. The van der Waals surface area contributed by atoms with E-state index in [4.69, 9.17) is 4.74 Å². The molecular weight excluding hydrogens is 138 g/mol. The molecule has 66 valence electrons. The SMILES string of the molecule is CC(C)CN[C@@H]1CCO[C@@H]1C. The van der Waals surface area contributed by atoms with Gasteiger partial charge < -0.3 is 10.1 Å². The van der Waals surface area contributed by atoms with Crippen LogP contribution in [0, 0.1) is 5.92 Å². The van der Waals surface area contributed by atoms with Crippen LogP contribution in [0.15, 0.2) is 0 Å². The largest absolute Gasteiger partial charge is 0.377 e. The zero-order valence-corrected chi connectivity index (χ0v) is 7.76. The summed E-state index contributed by atoms with van der Waals surface area (Å²) in [4.78, 5) is 0. The van der Waals surface area contributed by atoms with E-state index in [1.807, 2.05) is 0 Å². The first-order chi connectivity index (χ1) is 5.20. The molecule has 1 rings (SSSR count). The van der Waals surface area contributed by atoms with E-state index in [2.05, 4.69) is 26.1 Å². The maximum Gasteiger partial charge on any atom is 0.0700 e. The van der Waals surface area contributed by atoms with E-state index in [9.17, 15) is 0 Å². The van der Waals surface area contributed by atoms with Crippen LogP contribution in [0.4, 0.5) is 0 Å². The van der Waals surface area contributed by atoms with E-state index in [-0.39, 0.29) is 0 Å². The van der Waals surface area contributed by atoms with Crippen LogP contribution >= 0.6 is 0 Å². The predicted octanol–water partition coefficient (Wildman–Crippen LogP) is 1.41. The molecule has 1 aliphatic rings. The van der Waals surface area contributed by atoms with Gasteiger partial charge in [0, 0.05) is 12.6 Å². The van der Waals surface area contributed by atoms with Crippen LogP contribution in [0.1, 0.15) is 27.2 Å². The summed E-state index contributed by atoms with van der Waals surface area (Å²) in [5.74, 6) is 0.739. The molecule has 0 aromatic rings. The van der Waals surface area contributed by atoms with Crippen molar-refractivity contribution in [3.63, 3.8) is 0 Å². The number of nitrogens with one attached hydrogen (secondary N) is 1. The minimum Gasteiger partial charge on any atom is -0.377 e. The fraction of sp³-hybridized carbons (Fsp3) is 1.00. The van der Waals surface area contributed by atoms with Gasteiger partial charge in [-0.1, -0.05) is 13.8 Å². The zero-order valence-electron chi connectivity index (χ0n) is 7.76. The second-order valence-corrected chi connectivity index (χ2v) is 3.77. The van der Waals surface area contributed by atoms with Crippen LogP contribution < -0.4 is 5.32 Å². The summed E-state index contributed by atoms with van der Waals surface area (Å²) in [6.45, 7) is 8.64. The maximum absolute atomic E-state index is 5.44. The monoisotopic (exact) mass is 157 g/mol. The minimum atomic E-state index is 0.411. The summed E-state index contributed by atoms with van der Waals surface area (Å²) in [7, 11) is 0. The fourth-order valence-electron chi connectivity index (χ4n) is 1.39. The van der Waals surface area contributed by atoms with E-state index in [0.29, 0.717) is 12.1 Å². The molecule has 11 heavy (non-hydrogen) atoms. The van der Waals surface area contributed by atoms with Gasteiger partial charge in [0.15, 0.2) is 0 Å². The van der Waals surface area contributed by atoms with Crippen LogP contribution in [-0.4, -0.2) is 25.3 Å². The smallest absolute Gasteiger partial charge is 0.0700 e. The highest BCUT2D eigenvalue weighted by Crippen LogP contribution is 2.12. The number of hydrogen-bond acceptors (Lipinski definition) is 2. The van der Waals surface area contributed by atoms with Gasteiger partial charge in [-0.25, -0.2) is 0 Å². The van der Waals surface area contributed by atoms with Crippen LogP contribution in [0.25, 0.3) is 0 Å². The average molecular weight is 157 g/mol. The van der Waals surface area contributed by atoms with Crippen molar-refractivity contribution in [2.75, 3.05) is 13.2 Å². The summed E-state index contributed by atoms with van der Waals surface area (Å²) < 4.78 is 5.44. The standard InChI is InChI=1S/C9H19NO/c1-7(2)6-10-9-4-5-11-8(9)3/h7-10H,4-6H2,1-3H3/t8-,9-/m1/s1. The van der Waals surface area contributed by atoms with Gasteiger partial charge in [0.25, 0.3) is 0 Å². The van der Waals surface area contributed by atoms with E-state index in [1.165, 1.54) is 6.42 Å². The molecule has 0 aliphatic carbocycles. The Bertz CT molecular complexity index is 114. The maximum atomic E-state index is 5.44. The van der Waals surface area contributed by atoms with Crippen molar-refractivity contribution in [3.8, 4) is 0 Å². The Hall–Kier alpha value is -0.0800. The van der Waals surface area contributed by atoms with Crippen molar-refractivity contribution in [2.45, 2.75) is 39.3 Å². The van der Waals surface area contributed by atoms with Gasteiger partial charge in [-0.2, -0.15) is 0 Å². The van der Waals surface area contributed by atoms with Gasteiger partial charge >= 0.3 is 0 Å². The first-order valence-corrected chi connectivity index (χ1v) is 4.55. The van der Waals surface area contributed by atoms with Gasteiger partial charge in [0.05, 0.1) is 6.10 Å². The Morgan fingerprint density at radius 2 is 2.27 bits per heavy atom.